The molecule has 0 aliphatic carbocycles. The molecule has 0 spiro atoms. The molecule has 0 heterocycles. The van der Waals surface area contributed by atoms with Gasteiger partial charge in [-0.05, 0) is 43.9 Å². The Hall–Kier alpha value is -2.29. The van der Waals surface area contributed by atoms with E-state index in [4.69, 9.17) is 4.74 Å². The number of benzene rings is 2. The molecule has 2 unspecified atom stereocenters. The molecule has 0 aromatic heterocycles. The van der Waals surface area contributed by atoms with Crippen molar-refractivity contribution in [1.82, 2.24) is 5.32 Å². The van der Waals surface area contributed by atoms with Crippen LogP contribution in [-0.2, 0) is 4.79 Å². The Morgan fingerprint density at radius 2 is 1.62 bits per heavy atom. The summed E-state index contributed by atoms with van der Waals surface area (Å²) < 4.78 is 5.76. The van der Waals surface area contributed by atoms with Crippen LogP contribution in [0.4, 0.5) is 0 Å². The number of nitrogens with one attached hydrogen (secondary N) is 1. The van der Waals surface area contributed by atoms with E-state index < -0.39 is 6.10 Å². The number of hydrogen-bond acceptors (Lipinski definition) is 2. The average Bonchev–Trinajstić information content (AvgIpc) is 2.56. The third-order valence-corrected chi connectivity index (χ3v) is 3.93. The van der Waals surface area contributed by atoms with E-state index >= 15 is 0 Å². The largest absolute Gasteiger partial charge is 0.481 e. The van der Waals surface area contributed by atoms with Gasteiger partial charge in [-0.2, -0.15) is 0 Å². The fourth-order valence-electron chi connectivity index (χ4n) is 2.60. The van der Waals surface area contributed by atoms with Crippen LogP contribution in [0.3, 0.4) is 0 Å². The van der Waals surface area contributed by atoms with Crippen molar-refractivity contribution in [2.24, 2.45) is 5.92 Å². The van der Waals surface area contributed by atoms with Crippen molar-refractivity contribution in [2.75, 3.05) is 0 Å². The maximum absolute atomic E-state index is 12.5. The fourth-order valence-corrected chi connectivity index (χ4v) is 2.60. The van der Waals surface area contributed by atoms with Gasteiger partial charge in [-0.15, -0.1) is 0 Å². The smallest absolute Gasteiger partial charge is 0.261 e. The van der Waals surface area contributed by atoms with Crippen LogP contribution in [0.1, 0.15) is 44.4 Å². The molecule has 0 saturated heterocycles. The molecule has 3 nitrogen and oxygen atoms in total. The lowest BCUT2D eigenvalue weighted by atomic mass is 9.97. The van der Waals surface area contributed by atoms with Gasteiger partial charge in [0.2, 0.25) is 0 Å². The Labute approximate surface area is 145 Å². The van der Waals surface area contributed by atoms with E-state index in [1.54, 1.807) is 6.92 Å². The van der Waals surface area contributed by atoms with E-state index in [1.807, 2.05) is 49.4 Å². The summed E-state index contributed by atoms with van der Waals surface area (Å²) in [5, 5.41) is 3.13. The standard InChI is InChI=1S/C21H27NO2/c1-15(2)14-20(18-8-6-5-7-9-18)22-21(23)17(4)24-19-12-10-16(3)11-13-19/h5-13,15,17,20H,14H2,1-4H3,(H,22,23). The molecule has 1 amide bonds. The average molecular weight is 325 g/mol. The minimum absolute atomic E-state index is 0.00256. The van der Waals surface area contributed by atoms with Gasteiger partial charge in [0.1, 0.15) is 5.75 Å². The van der Waals surface area contributed by atoms with Gasteiger partial charge in [-0.1, -0.05) is 61.9 Å². The van der Waals surface area contributed by atoms with E-state index in [1.165, 1.54) is 5.56 Å². The molecule has 1 N–H and O–H groups in total. The summed E-state index contributed by atoms with van der Waals surface area (Å²) >= 11 is 0. The quantitative estimate of drug-likeness (QED) is 0.803. The molecule has 3 heteroatoms. The third-order valence-electron chi connectivity index (χ3n) is 3.93. The normalized spacial score (nSPS) is 13.4. The summed E-state index contributed by atoms with van der Waals surface area (Å²) in [6.07, 6.45) is 0.360. The molecule has 0 bridgehead atoms. The molecule has 2 atom stereocenters. The molecular weight excluding hydrogens is 298 g/mol. The van der Waals surface area contributed by atoms with Crippen molar-refractivity contribution in [3.8, 4) is 5.75 Å². The number of carbonyl (C=O) groups excluding carboxylic acids is 1. The molecule has 0 aliphatic heterocycles. The summed E-state index contributed by atoms with van der Waals surface area (Å²) in [5.41, 5.74) is 2.29. The maximum Gasteiger partial charge on any atom is 0.261 e. The Balaban J connectivity index is 2.02. The monoisotopic (exact) mass is 325 g/mol. The highest BCUT2D eigenvalue weighted by molar-refractivity contribution is 5.81. The minimum Gasteiger partial charge on any atom is -0.481 e. The van der Waals surface area contributed by atoms with Gasteiger partial charge in [0, 0.05) is 0 Å². The zero-order chi connectivity index (χ0) is 17.5. The molecule has 0 saturated carbocycles. The summed E-state index contributed by atoms with van der Waals surface area (Å²) in [6, 6.07) is 17.8. The second-order valence-corrected chi connectivity index (χ2v) is 6.67. The highest BCUT2D eigenvalue weighted by Crippen LogP contribution is 2.21. The van der Waals surface area contributed by atoms with Crippen LogP contribution in [0.15, 0.2) is 54.6 Å². The van der Waals surface area contributed by atoms with Gasteiger partial charge in [0.05, 0.1) is 6.04 Å². The molecule has 2 aromatic carbocycles. The summed E-state index contributed by atoms with van der Waals surface area (Å²) in [7, 11) is 0. The van der Waals surface area contributed by atoms with Crippen LogP contribution >= 0.6 is 0 Å². The van der Waals surface area contributed by atoms with Crippen molar-refractivity contribution >= 4 is 5.91 Å². The molecule has 128 valence electrons. The summed E-state index contributed by atoms with van der Waals surface area (Å²) in [6.45, 7) is 8.13. The first kappa shape index (κ1) is 18.1. The topological polar surface area (TPSA) is 38.3 Å². The van der Waals surface area contributed by atoms with E-state index in [0.29, 0.717) is 11.7 Å². The Bertz CT molecular complexity index is 635. The number of aryl methyl sites for hydroxylation is 1. The molecule has 0 fully saturated rings. The molecule has 0 radical (unpaired) electrons. The lowest BCUT2D eigenvalue weighted by molar-refractivity contribution is -0.128. The first-order valence-corrected chi connectivity index (χ1v) is 8.54. The number of ether oxygens (including phenoxy) is 1. The second-order valence-electron chi connectivity index (χ2n) is 6.67. The van der Waals surface area contributed by atoms with Crippen LogP contribution in [-0.4, -0.2) is 12.0 Å². The van der Waals surface area contributed by atoms with Crippen molar-refractivity contribution in [2.45, 2.75) is 46.3 Å². The SMILES string of the molecule is Cc1ccc(OC(C)C(=O)NC(CC(C)C)c2ccccc2)cc1. The van der Waals surface area contributed by atoms with Crippen molar-refractivity contribution in [1.29, 1.82) is 0 Å². The Morgan fingerprint density at radius 3 is 2.21 bits per heavy atom. The van der Waals surface area contributed by atoms with E-state index in [2.05, 4.69) is 31.3 Å². The van der Waals surface area contributed by atoms with Crippen LogP contribution in [0.25, 0.3) is 0 Å². The Morgan fingerprint density at radius 1 is 1.00 bits per heavy atom. The predicted octanol–water partition coefficient (Wildman–Crippen LogP) is 4.67. The van der Waals surface area contributed by atoms with E-state index in [9.17, 15) is 4.79 Å². The van der Waals surface area contributed by atoms with Gasteiger partial charge in [-0.25, -0.2) is 0 Å². The number of amides is 1. The van der Waals surface area contributed by atoms with Gasteiger partial charge in [-0.3, -0.25) is 4.79 Å². The highest BCUT2D eigenvalue weighted by atomic mass is 16.5. The van der Waals surface area contributed by atoms with Gasteiger partial charge >= 0.3 is 0 Å². The van der Waals surface area contributed by atoms with Crippen LogP contribution in [0.5, 0.6) is 5.75 Å². The number of hydrogen-bond donors (Lipinski definition) is 1. The number of carbonyl (C=O) groups is 1. The zero-order valence-corrected chi connectivity index (χ0v) is 15.0. The lowest BCUT2D eigenvalue weighted by Gasteiger charge is -2.23. The molecular formula is C21H27NO2. The third kappa shape index (κ3) is 5.41. The molecule has 0 aliphatic rings. The second kappa shape index (κ2) is 8.53. The summed E-state index contributed by atoms with van der Waals surface area (Å²) in [5.74, 6) is 1.11. The first-order valence-electron chi connectivity index (χ1n) is 8.54. The van der Waals surface area contributed by atoms with Crippen molar-refractivity contribution in [3.63, 3.8) is 0 Å². The minimum atomic E-state index is -0.536. The maximum atomic E-state index is 12.5. The lowest BCUT2D eigenvalue weighted by Crippen LogP contribution is -2.39. The van der Waals surface area contributed by atoms with Gasteiger partial charge in [0.15, 0.2) is 6.10 Å². The molecule has 2 aromatic rings. The van der Waals surface area contributed by atoms with Gasteiger partial charge in [0.25, 0.3) is 5.91 Å². The van der Waals surface area contributed by atoms with Crippen molar-refractivity contribution in [3.05, 3.63) is 65.7 Å². The molecule has 24 heavy (non-hydrogen) atoms. The van der Waals surface area contributed by atoms with E-state index in [-0.39, 0.29) is 11.9 Å². The first-order chi connectivity index (χ1) is 11.5. The molecule has 2 rings (SSSR count). The van der Waals surface area contributed by atoms with Crippen LogP contribution in [0, 0.1) is 12.8 Å². The van der Waals surface area contributed by atoms with Gasteiger partial charge < -0.3 is 10.1 Å². The van der Waals surface area contributed by atoms with Crippen LogP contribution < -0.4 is 10.1 Å². The zero-order valence-electron chi connectivity index (χ0n) is 15.0. The summed E-state index contributed by atoms with van der Waals surface area (Å²) in [4.78, 5) is 12.5. The van der Waals surface area contributed by atoms with Crippen LogP contribution in [0.2, 0.25) is 0 Å². The Kier molecular flexibility index (Phi) is 6.42. The predicted molar refractivity (Wildman–Crippen MR) is 98.0 cm³/mol. The van der Waals surface area contributed by atoms with E-state index in [0.717, 1.165) is 12.0 Å². The number of rotatable bonds is 7. The fraction of sp³-hybridized carbons (Fsp3) is 0.381. The van der Waals surface area contributed by atoms with Crippen molar-refractivity contribution < 1.29 is 9.53 Å². The highest BCUT2D eigenvalue weighted by Gasteiger charge is 2.21.